The highest BCUT2D eigenvalue weighted by Crippen LogP contribution is 2.23. The fourth-order valence-corrected chi connectivity index (χ4v) is 2.55. The van der Waals surface area contributed by atoms with Crippen LogP contribution in [0.3, 0.4) is 0 Å². The molecule has 0 aliphatic carbocycles. The van der Waals surface area contributed by atoms with Crippen molar-refractivity contribution in [3.63, 3.8) is 0 Å². The monoisotopic (exact) mass is 372 g/mol. The first kappa shape index (κ1) is 20.4. The number of nitrogens with zero attached hydrogens (tertiary/aromatic N) is 1. The second-order valence-electron chi connectivity index (χ2n) is 6.66. The van der Waals surface area contributed by atoms with Crippen molar-refractivity contribution in [2.45, 2.75) is 20.4 Å². The number of carbonyl (C=O) groups excluding carboxylic acids is 2. The maximum atomic E-state index is 13.3. The molecule has 3 N–H and O–H groups in total. The summed E-state index contributed by atoms with van der Waals surface area (Å²) >= 11 is 0. The molecule has 2 rings (SSSR count). The summed E-state index contributed by atoms with van der Waals surface area (Å²) in [6.45, 7) is 4.06. The molecule has 2 aromatic carbocycles. The molecule has 0 unspecified atom stereocenters. The molecule has 0 aromatic heterocycles. The van der Waals surface area contributed by atoms with Crippen molar-refractivity contribution in [3.8, 4) is 0 Å². The van der Waals surface area contributed by atoms with Crippen LogP contribution in [0.15, 0.2) is 36.4 Å². The van der Waals surface area contributed by atoms with Gasteiger partial charge in [-0.2, -0.15) is 0 Å². The number of rotatable bonds is 6. The van der Waals surface area contributed by atoms with Crippen LogP contribution in [0.4, 0.5) is 20.6 Å². The maximum Gasteiger partial charge on any atom is 0.319 e. The van der Waals surface area contributed by atoms with Gasteiger partial charge in [-0.3, -0.25) is 4.79 Å². The van der Waals surface area contributed by atoms with Gasteiger partial charge in [0.2, 0.25) is 5.91 Å². The van der Waals surface area contributed by atoms with Gasteiger partial charge in [-0.25, -0.2) is 9.18 Å². The minimum absolute atomic E-state index is 0.128. The first-order valence-electron chi connectivity index (χ1n) is 8.60. The highest BCUT2D eigenvalue weighted by molar-refractivity contribution is 5.96. The normalized spacial score (nSPS) is 10.6. The Morgan fingerprint density at radius 1 is 1.04 bits per heavy atom. The first-order chi connectivity index (χ1) is 12.8. The third-order valence-electron chi connectivity index (χ3n) is 3.99. The van der Waals surface area contributed by atoms with Crippen molar-refractivity contribution in [1.82, 2.24) is 10.2 Å². The largest absolute Gasteiger partial charge is 0.334 e. The summed E-state index contributed by atoms with van der Waals surface area (Å²) in [5, 5.41) is 8.35. The molecule has 7 heteroatoms. The zero-order valence-corrected chi connectivity index (χ0v) is 16.0. The van der Waals surface area contributed by atoms with E-state index in [1.54, 1.807) is 42.2 Å². The number of hydrogen-bond donors (Lipinski definition) is 3. The lowest BCUT2D eigenvalue weighted by atomic mass is 10.1. The number of benzene rings is 2. The smallest absolute Gasteiger partial charge is 0.319 e. The minimum atomic E-state index is -0.378. The predicted octanol–water partition coefficient (Wildman–Crippen LogP) is 3.26. The second kappa shape index (κ2) is 9.14. The lowest BCUT2D eigenvalue weighted by molar-refractivity contribution is -0.116. The number of hydrogen-bond acceptors (Lipinski definition) is 3. The fourth-order valence-electron chi connectivity index (χ4n) is 2.55. The minimum Gasteiger partial charge on any atom is -0.334 e. The summed E-state index contributed by atoms with van der Waals surface area (Å²) < 4.78 is 13.3. The topological polar surface area (TPSA) is 73.5 Å². The molecule has 0 saturated heterocycles. The van der Waals surface area contributed by atoms with E-state index in [-0.39, 0.29) is 30.8 Å². The molecule has 3 amide bonds. The highest BCUT2D eigenvalue weighted by atomic mass is 19.1. The molecule has 0 bridgehead atoms. The predicted molar refractivity (Wildman–Crippen MR) is 105 cm³/mol. The van der Waals surface area contributed by atoms with Crippen LogP contribution in [0.2, 0.25) is 0 Å². The van der Waals surface area contributed by atoms with Crippen molar-refractivity contribution in [2.75, 3.05) is 31.3 Å². The van der Waals surface area contributed by atoms with E-state index < -0.39 is 0 Å². The van der Waals surface area contributed by atoms with E-state index in [1.807, 2.05) is 21.0 Å². The molecule has 0 spiro atoms. The molecule has 144 valence electrons. The molecule has 0 saturated carbocycles. The van der Waals surface area contributed by atoms with E-state index in [2.05, 4.69) is 16.0 Å². The average molecular weight is 372 g/mol. The molecule has 6 nitrogen and oxygen atoms in total. The van der Waals surface area contributed by atoms with Crippen molar-refractivity contribution in [3.05, 3.63) is 58.9 Å². The number of halogens is 1. The Morgan fingerprint density at radius 2 is 1.70 bits per heavy atom. The lowest BCUT2D eigenvalue weighted by Crippen LogP contribution is -2.29. The number of amides is 3. The summed E-state index contributed by atoms with van der Waals surface area (Å²) in [6, 6.07) is 9.64. The van der Waals surface area contributed by atoms with Gasteiger partial charge in [0.05, 0.1) is 6.54 Å². The number of nitrogens with one attached hydrogen (secondary N) is 3. The Bertz CT molecular complexity index is 837. The zero-order valence-electron chi connectivity index (χ0n) is 16.0. The summed E-state index contributed by atoms with van der Waals surface area (Å²) in [7, 11) is 3.63. The molecule has 0 aliphatic heterocycles. The van der Waals surface area contributed by atoms with Crippen LogP contribution in [-0.2, 0) is 11.3 Å². The van der Waals surface area contributed by atoms with Gasteiger partial charge < -0.3 is 20.9 Å². The van der Waals surface area contributed by atoms with Crippen LogP contribution in [0.25, 0.3) is 0 Å². The number of anilines is 2. The second-order valence-corrected chi connectivity index (χ2v) is 6.66. The Morgan fingerprint density at radius 3 is 2.33 bits per heavy atom. The van der Waals surface area contributed by atoms with E-state index in [0.717, 1.165) is 11.1 Å². The van der Waals surface area contributed by atoms with Gasteiger partial charge in [0.15, 0.2) is 0 Å². The highest BCUT2D eigenvalue weighted by Gasteiger charge is 2.10. The Labute approximate surface area is 158 Å². The van der Waals surface area contributed by atoms with E-state index in [0.29, 0.717) is 16.9 Å². The van der Waals surface area contributed by atoms with Gasteiger partial charge in [-0.15, -0.1) is 0 Å². The zero-order chi connectivity index (χ0) is 20.0. The number of aryl methyl sites for hydroxylation is 1. The van der Waals surface area contributed by atoms with Gasteiger partial charge in [0.25, 0.3) is 0 Å². The van der Waals surface area contributed by atoms with Gasteiger partial charge in [0.1, 0.15) is 5.82 Å². The molecule has 0 atom stereocenters. The van der Waals surface area contributed by atoms with Crippen LogP contribution >= 0.6 is 0 Å². The van der Waals surface area contributed by atoms with Gasteiger partial charge in [0, 0.05) is 17.9 Å². The summed E-state index contributed by atoms with van der Waals surface area (Å²) in [5.41, 5.74) is 3.36. The van der Waals surface area contributed by atoms with Crippen LogP contribution in [0.5, 0.6) is 0 Å². The van der Waals surface area contributed by atoms with E-state index in [4.69, 9.17) is 0 Å². The Hall–Kier alpha value is -2.93. The summed E-state index contributed by atoms with van der Waals surface area (Å²) in [6.07, 6.45) is 0. The van der Waals surface area contributed by atoms with Crippen LogP contribution < -0.4 is 16.0 Å². The van der Waals surface area contributed by atoms with Gasteiger partial charge in [-0.05, 0) is 62.8 Å². The average Bonchev–Trinajstić information content (AvgIpc) is 2.59. The quantitative estimate of drug-likeness (QED) is 0.729. The van der Waals surface area contributed by atoms with Crippen LogP contribution in [-0.4, -0.2) is 37.5 Å². The first-order valence-corrected chi connectivity index (χ1v) is 8.60. The third kappa shape index (κ3) is 6.07. The van der Waals surface area contributed by atoms with E-state index in [9.17, 15) is 14.0 Å². The summed E-state index contributed by atoms with van der Waals surface area (Å²) in [4.78, 5) is 25.9. The lowest BCUT2D eigenvalue weighted by Gasteiger charge is -2.15. The van der Waals surface area contributed by atoms with E-state index >= 15 is 0 Å². The SMILES string of the molecule is Cc1cc(CNC(=O)Nc2cccc(NC(=O)CN(C)C)c2C)ccc1F. The standard InChI is InChI=1S/C20H25FN4O2/c1-13-10-15(8-9-16(13)21)11-22-20(27)24-18-7-5-6-17(14(18)2)23-19(26)12-25(3)4/h5-10H,11-12H2,1-4H3,(H,23,26)(H2,22,24,27). The molecule has 27 heavy (non-hydrogen) atoms. The third-order valence-corrected chi connectivity index (χ3v) is 3.99. The summed E-state index contributed by atoms with van der Waals surface area (Å²) in [5.74, 6) is -0.400. The molecule has 2 aromatic rings. The van der Waals surface area contributed by atoms with Crippen LogP contribution in [0, 0.1) is 19.7 Å². The van der Waals surface area contributed by atoms with Crippen molar-refractivity contribution >= 4 is 23.3 Å². The van der Waals surface area contributed by atoms with Crippen molar-refractivity contribution in [1.29, 1.82) is 0 Å². The number of likely N-dealkylation sites (N-methyl/N-ethyl adjacent to an activating group) is 1. The molecule has 0 heterocycles. The van der Waals surface area contributed by atoms with Gasteiger partial charge >= 0.3 is 6.03 Å². The molecular formula is C20H25FN4O2. The number of urea groups is 1. The Balaban J connectivity index is 1.97. The fraction of sp³-hybridized carbons (Fsp3) is 0.300. The van der Waals surface area contributed by atoms with Crippen molar-refractivity contribution < 1.29 is 14.0 Å². The van der Waals surface area contributed by atoms with Crippen LogP contribution in [0.1, 0.15) is 16.7 Å². The van der Waals surface area contributed by atoms with E-state index in [1.165, 1.54) is 6.07 Å². The molecule has 0 fully saturated rings. The molecular weight excluding hydrogens is 347 g/mol. The van der Waals surface area contributed by atoms with Gasteiger partial charge in [-0.1, -0.05) is 18.2 Å². The molecule has 0 aliphatic rings. The molecule has 0 radical (unpaired) electrons. The van der Waals surface area contributed by atoms with Crippen molar-refractivity contribution in [2.24, 2.45) is 0 Å². The number of carbonyl (C=O) groups is 2. The maximum absolute atomic E-state index is 13.3. The Kier molecular flexibility index (Phi) is 6.90.